The van der Waals surface area contributed by atoms with Gasteiger partial charge in [0.2, 0.25) is 0 Å². The molecule has 2 aromatic rings. The summed E-state index contributed by atoms with van der Waals surface area (Å²) in [6.07, 6.45) is 0.451. The molecule has 0 spiro atoms. The van der Waals surface area contributed by atoms with E-state index in [1.165, 1.54) is 11.1 Å². The van der Waals surface area contributed by atoms with Gasteiger partial charge in [0, 0.05) is 18.2 Å². The van der Waals surface area contributed by atoms with Gasteiger partial charge < -0.3 is 19.9 Å². The summed E-state index contributed by atoms with van der Waals surface area (Å²) < 4.78 is 11.3. The van der Waals surface area contributed by atoms with Crippen LogP contribution in [0.1, 0.15) is 57.4 Å². The molecule has 4 nitrogen and oxygen atoms in total. The van der Waals surface area contributed by atoms with Crippen molar-refractivity contribution in [3.05, 3.63) is 59.2 Å². The quantitative estimate of drug-likeness (QED) is 0.593. The second kappa shape index (κ2) is 11.4. The molecule has 0 aliphatic rings. The molecular formula is C24H36ClNO3. The number of hydrogen-bond donors (Lipinski definition) is 2. The van der Waals surface area contributed by atoms with Crippen molar-refractivity contribution < 1.29 is 14.6 Å². The number of nitrogens with one attached hydrogen (secondary N) is 1. The van der Waals surface area contributed by atoms with Gasteiger partial charge in [-0.15, -0.1) is 12.4 Å². The van der Waals surface area contributed by atoms with Crippen LogP contribution in [0.2, 0.25) is 0 Å². The highest BCUT2D eigenvalue weighted by Gasteiger charge is 2.20. The number of aliphatic hydroxyl groups excluding tert-OH is 1. The number of hydrogen-bond acceptors (Lipinski definition) is 4. The van der Waals surface area contributed by atoms with Crippen LogP contribution in [-0.2, 0) is 11.8 Å². The first kappa shape index (κ1) is 25.3. The van der Waals surface area contributed by atoms with Gasteiger partial charge in [0.05, 0.1) is 7.11 Å². The Morgan fingerprint density at radius 3 is 2.28 bits per heavy atom. The number of ether oxygens (including phenoxy) is 2. The van der Waals surface area contributed by atoms with Crippen LogP contribution in [0.15, 0.2) is 42.5 Å². The van der Waals surface area contributed by atoms with Gasteiger partial charge in [-0.05, 0) is 48.1 Å². The first-order valence-corrected chi connectivity index (χ1v) is 10.1. The Morgan fingerprint density at radius 2 is 1.72 bits per heavy atom. The summed E-state index contributed by atoms with van der Waals surface area (Å²) >= 11 is 0. The van der Waals surface area contributed by atoms with Crippen molar-refractivity contribution >= 4 is 12.4 Å². The lowest BCUT2D eigenvalue weighted by Crippen LogP contribution is -2.33. The zero-order valence-corrected chi connectivity index (χ0v) is 19.3. The number of halogens is 1. The van der Waals surface area contributed by atoms with Crippen molar-refractivity contribution in [3.63, 3.8) is 0 Å². The summed E-state index contributed by atoms with van der Waals surface area (Å²) in [4.78, 5) is 0. The van der Waals surface area contributed by atoms with Gasteiger partial charge >= 0.3 is 0 Å². The van der Waals surface area contributed by atoms with E-state index < -0.39 is 6.10 Å². The number of aryl methyl sites for hydroxylation is 1. The Bertz CT molecular complexity index is 741. The molecule has 0 saturated heterocycles. The zero-order valence-electron chi connectivity index (χ0n) is 18.5. The highest BCUT2D eigenvalue weighted by Crippen LogP contribution is 2.34. The van der Waals surface area contributed by atoms with Crippen LogP contribution in [0.4, 0.5) is 0 Å². The maximum absolute atomic E-state index is 10.4. The van der Waals surface area contributed by atoms with E-state index in [9.17, 15) is 5.11 Å². The largest absolute Gasteiger partial charge is 0.497 e. The highest BCUT2D eigenvalue weighted by molar-refractivity contribution is 5.85. The summed E-state index contributed by atoms with van der Waals surface area (Å²) in [7, 11) is 1.66. The summed E-state index contributed by atoms with van der Waals surface area (Å²) in [5.41, 5.74) is 3.54. The van der Waals surface area contributed by atoms with Crippen LogP contribution in [0.5, 0.6) is 11.5 Å². The van der Waals surface area contributed by atoms with E-state index in [1.807, 2.05) is 18.2 Å². The second-order valence-electron chi connectivity index (χ2n) is 8.30. The van der Waals surface area contributed by atoms with Gasteiger partial charge in [-0.3, -0.25) is 0 Å². The second-order valence-corrected chi connectivity index (χ2v) is 8.30. The van der Waals surface area contributed by atoms with E-state index >= 15 is 0 Å². The Balaban J connectivity index is 0.00000420. The number of rotatable bonds is 9. The fraction of sp³-hybridized carbons (Fsp3) is 0.500. The number of methoxy groups -OCH3 is 1. The average Bonchev–Trinajstić information content (AvgIpc) is 2.69. The lowest BCUT2D eigenvalue weighted by atomic mass is 9.86. The van der Waals surface area contributed by atoms with Crippen LogP contribution in [0, 0.1) is 0 Å². The van der Waals surface area contributed by atoms with Crippen LogP contribution >= 0.6 is 12.4 Å². The topological polar surface area (TPSA) is 50.7 Å². The monoisotopic (exact) mass is 421 g/mol. The van der Waals surface area contributed by atoms with Crippen molar-refractivity contribution in [3.8, 4) is 11.5 Å². The third kappa shape index (κ3) is 7.54. The summed E-state index contributed by atoms with van der Waals surface area (Å²) in [6.45, 7) is 11.4. The molecule has 0 aliphatic heterocycles. The van der Waals surface area contributed by atoms with E-state index in [1.54, 1.807) is 7.11 Å². The Labute approximate surface area is 182 Å². The minimum atomic E-state index is -0.590. The Kier molecular flexibility index (Phi) is 9.97. The van der Waals surface area contributed by atoms with Gasteiger partial charge in [-0.25, -0.2) is 0 Å². The molecule has 0 amide bonds. The van der Waals surface area contributed by atoms with E-state index in [0.29, 0.717) is 6.54 Å². The summed E-state index contributed by atoms with van der Waals surface area (Å²) in [5, 5.41) is 13.8. The Hall–Kier alpha value is -1.75. The lowest BCUT2D eigenvalue weighted by Gasteiger charge is -2.24. The van der Waals surface area contributed by atoms with Crippen molar-refractivity contribution in [2.24, 2.45) is 0 Å². The minimum Gasteiger partial charge on any atom is -0.497 e. The molecule has 2 atom stereocenters. The van der Waals surface area contributed by atoms with Crippen LogP contribution in [0.3, 0.4) is 0 Å². The normalized spacial score (nSPS) is 13.3. The molecule has 2 rings (SSSR count). The molecule has 0 radical (unpaired) electrons. The maximum atomic E-state index is 10.4. The lowest BCUT2D eigenvalue weighted by molar-refractivity contribution is 0.103. The molecule has 5 heteroatoms. The smallest absolute Gasteiger partial charge is 0.123 e. The van der Waals surface area contributed by atoms with Crippen LogP contribution in [-0.4, -0.2) is 31.5 Å². The molecule has 0 aromatic heterocycles. The van der Waals surface area contributed by atoms with Gasteiger partial charge in [-0.2, -0.15) is 0 Å². The molecule has 0 fully saturated rings. The van der Waals surface area contributed by atoms with E-state index in [0.717, 1.165) is 23.5 Å². The van der Waals surface area contributed by atoms with Gasteiger partial charge in [0.25, 0.3) is 0 Å². The highest BCUT2D eigenvalue weighted by atomic mass is 35.5. The van der Waals surface area contributed by atoms with Crippen molar-refractivity contribution in [1.82, 2.24) is 5.32 Å². The standard InChI is InChI=1S/C24H35NO3.ClH/c1-7-18-8-10-19(11-9-18)17(2)25-15-20(26)16-28-23-13-12-21(27-6)14-22(23)24(3,4)5;/h8-14,17,20,25-26H,7,15-16H2,1-6H3;1H. The fourth-order valence-corrected chi connectivity index (χ4v) is 3.07. The molecule has 0 saturated carbocycles. The third-order valence-electron chi connectivity index (χ3n) is 4.97. The van der Waals surface area contributed by atoms with Crippen LogP contribution < -0.4 is 14.8 Å². The zero-order chi connectivity index (χ0) is 20.7. The molecule has 0 aliphatic carbocycles. The molecule has 2 unspecified atom stereocenters. The van der Waals surface area contributed by atoms with Crippen LogP contribution in [0.25, 0.3) is 0 Å². The number of benzene rings is 2. The predicted molar refractivity (Wildman–Crippen MR) is 123 cm³/mol. The molecule has 0 heterocycles. The summed E-state index contributed by atoms with van der Waals surface area (Å²) in [5.74, 6) is 1.60. The fourth-order valence-electron chi connectivity index (χ4n) is 3.07. The molecule has 2 aromatic carbocycles. The molecule has 162 valence electrons. The van der Waals surface area contributed by atoms with Crippen molar-refractivity contribution in [2.45, 2.75) is 58.6 Å². The van der Waals surface area contributed by atoms with E-state index in [2.05, 4.69) is 64.2 Å². The molecule has 2 N–H and O–H groups in total. The van der Waals surface area contributed by atoms with Gasteiger partial charge in [-0.1, -0.05) is 52.0 Å². The first-order chi connectivity index (χ1) is 13.2. The average molecular weight is 422 g/mol. The predicted octanol–water partition coefficient (Wildman–Crippen LogP) is 5.07. The van der Waals surface area contributed by atoms with Gasteiger partial charge in [0.1, 0.15) is 24.2 Å². The van der Waals surface area contributed by atoms with Crippen molar-refractivity contribution in [1.29, 1.82) is 0 Å². The van der Waals surface area contributed by atoms with E-state index in [-0.39, 0.29) is 30.5 Å². The SMILES string of the molecule is CCc1ccc(C(C)NCC(O)COc2ccc(OC)cc2C(C)(C)C)cc1.Cl. The molecule has 29 heavy (non-hydrogen) atoms. The minimum absolute atomic E-state index is 0. The van der Waals surface area contributed by atoms with Gasteiger partial charge in [0.15, 0.2) is 0 Å². The molecular weight excluding hydrogens is 386 g/mol. The number of aliphatic hydroxyl groups is 1. The summed E-state index contributed by atoms with van der Waals surface area (Å²) in [6, 6.07) is 14.6. The molecule has 0 bridgehead atoms. The van der Waals surface area contributed by atoms with E-state index in [4.69, 9.17) is 9.47 Å². The first-order valence-electron chi connectivity index (χ1n) is 10.1. The van der Waals surface area contributed by atoms with Crippen molar-refractivity contribution in [2.75, 3.05) is 20.3 Å². The third-order valence-corrected chi connectivity index (χ3v) is 4.97. The Morgan fingerprint density at radius 1 is 1.07 bits per heavy atom. The maximum Gasteiger partial charge on any atom is 0.123 e.